The molecule has 0 bridgehead atoms. The molecule has 0 radical (unpaired) electrons. The van der Waals surface area contributed by atoms with Crippen LogP contribution in [0.15, 0.2) is 67.4 Å². The normalized spacial score (nSPS) is 10.9. The Hall–Kier alpha value is -3.87. The summed E-state index contributed by atoms with van der Waals surface area (Å²) in [4.78, 5) is 19.5. The largest absolute Gasteiger partial charge is 0.384 e. The van der Waals surface area contributed by atoms with Gasteiger partial charge in [-0.2, -0.15) is 0 Å². The smallest absolute Gasteiger partial charge is 0.251 e. The number of rotatable bonds is 6. The highest BCUT2D eigenvalue weighted by Crippen LogP contribution is 2.19. The van der Waals surface area contributed by atoms with Gasteiger partial charge in [-0.3, -0.25) is 10.2 Å². The van der Waals surface area contributed by atoms with E-state index >= 15 is 0 Å². The number of fused-ring (bicyclic) bond motifs is 1. The average molecular weight is 372 g/mol. The van der Waals surface area contributed by atoms with Crippen molar-refractivity contribution in [3.8, 4) is 5.69 Å². The summed E-state index contributed by atoms with van der Waals surface area (Å²) < 4.78 is 1.88. The molecule has 5 N–H and O–H groups in total. The predicted molar refractivity (Wildman–Crippen MR) is 109 cm³/mol. The first-order valence-electron chi connectivity index (χ1n) is 8.93. The van der Waals surface area contributed by atoms with Gasteiger partial charge < -0.3 is 20.6 Å². The second kappa shape index (κ2) is 7.40. The van der Waals surface area contributed by atoms with Crippen molar-refractivity contribution in [1.29, 1.82) is 5.41 Å². The van der Waals surface area contributed by atoms with E-state index in [2.05, 4.69) is 15.3 Å². The van der Waals surface area contributed by atoms with Gasteiger partial charge in [-0.25, -0.2) is 4.98 Å². The van der Waals surface area contributed by atoms with E-state index in [1.54, 1.807) is 30.9 Å². The Morgan fingerprint density at radius 3 is 2.75 bits per heavy atom. The second-order valence-electron chi connectivity index (χ2n) is 6.52. The summed E-state index contributed by atoms with van der Waals surface area (Å²) in [5.74, 6) is -0.0693. The summed E-state index contributed by atoms with van der Waals surface area (Å²) in [6, 6.07) is 13.4. The topological polar surface area (TPSA) is 113 Å². The summed E-state index contributed by atoms with van der Waals surface area (Å²) in [5, 5.41) is 11.5. The van der Waals surface area contributed by atoms with Crippen molar-refractivity contribution in [2.24, 2.45) is 5.73 Å². The first-order valence-corrected chi connectivity index (χ1v) is 8.93. The van der Waals surface area contributed by atoms with Crippen LogP contribution < -0.4 is 11.1 Å². The van der Waals surface area contributed by atoms with Gasteiger partial charge in [0.1, 0.15) is 5.84 Å². The van der Waals surface area contributed by atoms with Crippen LogP contribution in [0.5, 0.6) is 0 Å². The summed E-state index contributed by atoms with van der Waals surface area (Å²) in [6.45, 7) is 0.521. The van der Waals surface area contributed by atoms with Gasteiger partial charge in [-0.1, -0.05) is 6.07 Å². The fourth-order valence-electron chi connectivity index (χ4n) is 3.17. The van der Waals surface area contributed by atoms with Crippen LogP contribution in [-0.2, 0) is 6.42 Å². The van der Waals surface area contributed by atoms with Gasteiger partial charge in [0.15, 0.2) is 0 Å². The van der Waals surface area contributed by atoms with E-state index < -0.39 is 0 Å². The first-order chi connectivity index (χ1) is 13.6. The van der Waals surface area contributed by atoms with E-state index in [0.29, 0.717) is 24.1 Å². The quantitative estimate of drug-likeness (QED) is 0.308. The summed E-state index contributed by atoms with van der Waals surface area (Å²) >= 11 is 0. The minimum absolute atomic E-state index is 0.0378. The van der Waals surface area contributed by atoms with Crippen LogP contribution in [0.25, 0.3) is 16.6 Å². The maximum Gasteiger partial charge on any atom is 0.251 e. The first kappa shape index (κ1) is 17.5. The summed E-state index contributed by atoms with van der Waals surface area (Å²) in [5.41, 5.74) is 9.90. The molecule has 140 valence electrons. The van der Waals surface area contributed by atoms with E-state index in [9.17, 15) is 4.79 Å². The van der Waals surface area contributed by atoms with Crippen LogP contribution >= 0.6 is 0 Å². The lowest BCUT2D eigenvalue weighted by Crippen LogP contribution is -2.25. The maximum atomic E-state index is 12.4. The molecule has 0 saturated heterocycles. The van der Waals surface area contributed by atoms with Crippen molar-refractivity contribution >= 4 is 22.6 Å². The number of nitrogens with one attached hydrogen (secondary N) is 3. The molecule has 7 nitrogen and oxygen atoms in total. The Bertz CT molecular complexity index is 1130. The number of hydrogen-bond acceptors (Lipinski definition) is 3. The molecule has 7 heteroatoms. The highest BCUT2D eigenvalue weighted by atomic mass is 16.1. The van der Waals surface area contributed by atoms with Gasteiger partial charge in [0.25, 0.3) is 5.91 Å². The summed E-state index contributed by atoms with van der Waals surface area (Å²) in [6.07, 6.45) is 7.72. The Morgan fingerprint density at radius 1 is 1.21 bits per heavy atom. The molecule has 2 aromatic heterocycles. The lowest BCUT2D eigenvalue weighted by molar-refractivity contribution is 0.0954. The van der Waals surface area contributed by atoms with Crippen molar-refractivity contribution in [1.82, 2.24) is 19.9 Å². The van der Waals surface area contributed by atoms with Gasteiger partial charge in [0.2, 0.25) is 0 Å². The van der Waals surface area contributed by atoms with E-state index in [1.807, 2.05) is 41.1 Å². The Balaban J connectivity index is 1.38. The van der Waals surface area contributed by atoms with Crippen LogP contribution in [0.1, 0.15) is 21.5 Å². The number of benzene rings is 2. The van der Waals surface area contributed by atoms with Crippen molar-refractivity contribution in [2.75, 3.05) is 6.54 Å². The minimum atomic E-state index is -0.107. The van der Waals surface area contributed by atoms with Crippen LogP contribution in [0.3, 0.4) is 0 Å². The molecular weight excluding hydrogens is 352 g/mol. The van der Waals surface area contributed by atoms with Crippen molar-refractivity contribution in [3.05, 3.63) is 84.1 Å². The number of hydrogen-bond donors (Lipinski definition) is 4. The zero-order valence-electron chi connectivity index (χ0n) is 15.1. The fraction of sp³-hybridized carbons (Fsp3) is 0.0952. The SMILES string of the molecule is N=C(N)c1c[nH]c2ccc(CCNC(=O)c3ccc(-n4ccnc4)cc3)cc12. The third kappa shape index (κ3) is 3.50. The number of carbonyl (C=O) groups is 1. The third-order valence-electron chi connectivity index (χ3n) is 4.67. The number of aromatic nitrogens is 3. The molecule has 4 rings (SSSR count). The van der Waals surface area contributed by atoms with E-state index in [4.69, 9.17) is 11.1 Å². The number of H-pyrrole nitrogens is 1. The molecule has 4 aromatic rings. The Morgan fingerprint density at radius 2 is 2.04 bits per heavy atom. The van der Waals surface area contributed by atoms with Gasteiger partial charge >= 0.3 is 0 Å². The molecule has 0 aliphatic rings. The molecule has 0 spiro atoms. The molecular formula is C21H20N6O. The molecule has 0 aliphatic heterocycles. The minimum Gasteiger partial charge on any atom is -0.384 e. The Kier molecular flexibility index (Phi) is 4.63. The van der Waals surface area contributed by atoms with Crippen molar-refractivity contribution in [2.45, 2.75) is 6.42 Å². The number of nitrogen functional groups attached to an aromatic ring is 1. The van der Waals surface area contributed by atoms with Gasteiger partial charge in [0.05, 0.1) is 6.33 Å². The molecule has 0 atom stereocenters. The zero-order valence-corrected chi connectivity index (χ0v) is 15.1. The average Bonchev–Trinajstić information content (AvgIpc) is 3.38. The van der Waals surface area contributed by atoms with Gasteiger partial charge in [0, 0.05) is 52.9 Å². The highest BCUT2D eigenvalue weighted by Gasteiger charge is 2.08. The number of amides is 1. The number of nitrogens with two attached hydrogens (primary N) is 1. The number of nitrogens with zero attached hydrogens (tertiary/aromatic N) is 2. The van der Waals surface area contributed by atoms with E-state index in [-0.39, 0.29) is 11.7 Å². The van der Waals surface area contributed by atoms with Crippen LogP contribution in [0.2, 0.25) is 0 Å². The van der Waals surface area contributed by atoms with Crippen molar-refractivity contribution in [3.63, 3.8) is 0 Å². The van der Waals surface area contributed by atoms with E-state index in [0.717, 1.165) is 22.2 Å². The lowest BCUT2D eigenvalue weighted by Gasteiger charge is -2.07. The lowest BCUT2D eigenvalue weighted by atomic mass is 10.1. The summed E-state index contributed by atoms with van der Waals surface area (Å²) in [7, 11) is 0. The number of aromatic amines is 1. The molecule has 0 fully saturated rings. The molecule has 2 aromatic carbocycles. The second-order valence-corrected chi connectivity index (χ2v) is 6.52. The molecule has 0 unspecified atom stereocenters. The molecule has 28 heavy (non-hydrogen) atoms. The number of imidazole rings is 1. The van der Waals surface area contributed by atoms with E-state index in [1.165, 1.54) is 0 Å². The van der Waals surface area contributed by atoms with Crippen LogP contribution in [0, 0.1) is 5.41 Å². The van der Waals surface area contributed by atoms with Crippen LogP contribution in [-0.4, -0.2) is 32.8 Å². The van der Waals surface area contributed by atoms with Crippen LogP contribution in [0.4, 0.5) is 0 Å². The van der Waals surface area contributed by atoms with Crippen molar-refractivity contribution < 1.29 is 4.79 Å². The predicted octanol–water partition coefficient (Wildman–Crippen LogP) is 2.61. The Labute approximate surface area is 161 Å². The maximum absolute atomic E-state index is 12.4. The zero-order chi connectivity index (χ0) is 19.5. The molecule has 0 saturated carbocycles. The fourth-order valence-corrected chi connectivity index (χ4v) is 3.17. The van der Waals surface area contributed by atoms with Gasteiger partial charge in [-0.05, 0) is 48.4 Å². The molecule has 2 heterocycles. The standard InChI is InChI=1S/C21H20N6O/c22-20(23)18-12-26-19-6-1-14(11-17(18)19)7-8-25-21(28)15-2-4-16(5-3-15)27-10-9-24-13-27/h1-6,9-13,26H,7-8H2,(H3,22,23)(H,25,28). The monoisotopic (exact) mass is 372 g/mol. The number of carbonyl (C=O) groups excluding carboxylic acids is 1. The third-order valence-corrected chi connectivity index (χ3v) is 4.67. The molecule has 0 aliphatic carbocycles. The molecule has 1 amide bonds. The highest BCUT2D eigenvalue weighted by molar-refractivity contribution is 6.07. The number of amidine groups is 1. The van der Waals surface area contributed by atoms with Gasteiger partial charge in [-0.15, -0.1) is 0 Å².